The largest absolute Gasteiger partial charge is 0.444 e. The van der Waals surface area contributed by atoms with Crippen LogP contribution in [0.4, 0.5) is 9.59 Å². The lowest BCUT2D eigenvalue weighted by atomic mass is 10.0. The molecule has 0 aliphatic carbocycles. The van der Waals surface area contributed by atoms with Crippen LogP contribution in [0.15, 0.2) is 45.9 Å². The predicted molar refractivity (Wildman–Crippen MR) is 122 cm³/mol. The summed E-state index contributed by atoms with van der Waals surface area (Å²) in [6.07, 6.45) is -1.45. The van der Waals surface area contributed by atoms with E-state index in [2.05, 4.69) is 31.6 Å². The Hall–Kier alpha value is -2.61. The second-order valence-electron chi connectivity index (χ2n) is 8.67. The van der Waals surface area contributed by atoms with E-state index in [1.165, 1.54) is 0 Å². The number of hydrogen-bond acceptors (Lipinski definition) is 5. The fourth-order valence-corrected chi connectivity index (χ4v) is 3.05. The first-order valence-corrected chi connectivity index (χ1v) is 10.3. The number of nitrogens with zero attached hydrogens (tertiary/aromatic N) is 1. The summed E-state index contributed by atoms with van der Waals surface area (Å²) in [5, 5.41) is 7.04. The zero-order valence-electron chi connectivity index (χ0n) is 18.1. The molecular formula is C22H28BrN3O4. The number of hydrogen-bond donors (Lipinski definition) is 2. The van der Waals surface area contributed by atoms with E-state index in [1.54, 1.807) is 41.5 Å². The van der Waals surface area contributed by atoms with Crippen LogP contribution in [0.1, 0.15) is 47.1 Å². The minimum absolute atomic E-state index is 0.0505. The highest BCUT2D eigenvalue weighted by Crippen LogP contribution is 2.26. The Morgan fingerprint density at radius 2 is 1.37 bits per heavy atom. The van der Waals surface area contributed by atoms with Gasteiger partial charge in [-0.3, -0.25) is 10.6 Å². The third-order valence-electron chi connectivity index (χ3n) is 3.61. The lowest BCUT2D eigenvalue weighted by Crippen LogP contribution is -2.47. The summed E-state index contributed by atoms with van der Waals surface area (Å²) in [5.74, 6) is -0.0505. The maximum Gasteiger partial charge on any atom is 0.414 e. The maximum absolute atomic E-state index is 12.2. The lowest BCUT2D eigenvalue weighted by molar-refractivity contribution is 0.0545. The Bertz CT molecular complexity index is 927. The fraction of sp³-hybridized carbons (Fsp3) is 0.409. The summed E-state index contributed by atoms with van der Waals surface area (Å²) >= 11 is 3.55. The topological polar surface area (TPSA) is 89.0 Å². The second-order valence-corrected chi connectivity index (χ2v) is 9.53. The first kappa shape index (κ1) is 23.7. The summed E-state index contributed by atoms with van der Waals surface area (Å²) in [4.78, 5) is 28.8. The van der Waals surface area contributed by atoms with Gasteiger partial charge in [0.15, 0.2) is 0 Å². The van der Waals surface area contributed by atoms with E-state index >= 15 is 0 Å². The summed E-state index contributed by atoms with van der Waals surface area (Å²) in [6.45, 7) is 10.7. The molecule has 0 aliphatic rings. The Kier molecular flexibility index (Phi) is 7.47. The number of nitrogens with one attached hydrogen (secondary N) is 2. The summed E-state index contributed by atoms with van der Waals surface area (Å²) in [5.41, 5.74) is -0.449. The minimum atomic E-state index is -0.724. The number of guanidine groups is 1. The molecule has 2 N–H and O–H groups in total. The van der Waals surface area contributed by atoms with Crippen LogP contribution in [0.2, 0.25) is 0 Å². The molecule has 162 valence electrons. The summed E-state index contributed by atoms with van der Waals surface area (Å²) in [6, 6.07) is 11.8. The second kappa shape index (κ2) is 9.47. The van der Waals surface area contributed by atoms with Crippen molar-refractivity contribution >= 4 is 44.8 Å². The summed E-state index contributed by atoms with van der Waals surface area (Å²) in [7, 11) is 0. The van der Waals surface area contributed by atoms with Gasteiger partial charge in [0.05, 0.1) is 6.54 Å². The molecular weight excluding hydrogens is 450 g/mol. The number of ether oxygens (including phenoxy) is 2. The molecule has 0 bridgehead atoms. The van der Waals surface area contributed by atoms with Crippen molar-refractivity contribution in [1.29, 1.82) is 0 Å². The van der Waals surface area contributed by atoms with E-state index in [1.807, 2.05) is 36.4 Å². The van der Waals surface area contributed by atoms with Gasteiger partial charge in [0.25, 0.3) is 0 Å². The monoisotopic (exact) mass is 477 g/mol. The number of fused-ring (bicyclic) bond motifs is 1. The average Bonchev–Trinajstić information content (AvgIpc) is 2.56. The number of halogens is 1. The number of rotatable bonds is 2. The molecule has 0 radical (unpaired) electrons. The smallest absolute Gasteiger partial charge is 0.414 e. The number of amides is 2. The molecule has 2 rings (SSSR count). The van der Waals surface area contributed by atoms with Crippen molar-refractivity contribution in [1.82, 2.24) is 10.6 Å². The molecule has 0 atom stereocenters. The van der Waals surface area contributed by atoms with Gasteiger partial charge in [0, 0.05) is 4.47 Å². The number of carbonyl (C=O) groups is 2. The first-order chi connectivity index (χ1) is 13.8. The molecule has 0 aromatic heterocycles. The molecule has 7 nitrogen and oxygen atoms in total. The van der Waals surface area contributed by atoms with Crippen LogP contribution < -0.4 is 10.6 Å². The van der Waals surface area contributed by atoms with Crippen molar-refractivity contribution in [2.24, 2.45) is 4.99 Å². The van der Waals surface area contributed by atoms with Crippen LogP contribution in [-0.2, 0) is 16.0 Å². The van der Waals surface area contributed by atoms with E-state index in [4.69, 9.17) is 9.47 Å². The van der Waals surface area contributed by atoms with Gasteiger partial charge in [-0.05, 0) is 63.9 Å². The van der Waals surface area contributed by atoms with E-state index in [-0.39, 0.29) is 12.5 Å². The van der Waals surface area contributed by atoms with Crippen molar-refractivity contribution in [3.8, 4) is 0 Å². The highest BCUT2D eigenvalue weighted by molar-refractivity contribution is 9.10. The molecule has 0 fully saturated rings. The standard InChI is InChI=1S/C22H28BrN3O4/c1-21(2,3)29-19(27)25-18(26-20(28)30-22(4,5)6)24-13-14-9-7-11-16-15(14)10-8-12-17(16)23/h7-12H,13H2,1-6H3,(H2,24,25,26,27,28). The van der Waals surface area contributed by atoms with Crippen molar-refractivity contribution in [3.05, 3.63) is 46.4 Å². The molecule has 0 saturated heterocycles. The van der Waals surface area contributed by atoms with E-state index < -0.39 is 23.4 Å². The molecule has 0 heterocycles. The Balaban J connectivity index is 2.27. The van der Waals surface area contributed by atoms with Gasteiger partial charge in [0.1, 0.15) is 11.2 Å². The van der Waals surface area contributed by atoms with Crippen molar-refractivity contribution in [2.45, 2.75) is 59.3 Å². The third kappa shape index (κ3) is 7.67. The molecule has 2 aromatic rings. The number of alkyl carbamates (subject to hydrolysis) is 2. The zero-order valence-corrected chi connectivity index (χ0v) is 19.7. The van der Waals surface area contributed by atoms with E-state index in [0.29, 0.717) is 0 Å². The van der Waals surface area contributed by atoms with Crippen molar-refractivity contribution < 1.29 is 19.1 Å². The van der Waals surface area contributed by atoms with E-state index in [9.17, 15) is 9.59 Å². The van der Waals surface area contributed by atoms with Crippen LogP contribution in [0, 0.1) is 0 Å². The number of benzene rings is 2. The molecule has 0 aliphatic heterocycles. The van der Waals surface area contributed by atoms with Gasteiger partial charge < -0.3 is 9.47 Å². The quantitative estimate of drug-likeness (QED) is 0.440. The Morgan fingerprint density at radius 3 is 1.90 bits per heavy atom. The molecule has 0 spiro atoms. The average molecular weight is 478 g/mol. The van der Waals surface area contributed by atoms with Crippen LogP contribution in [0.3, 0.4) is 0 Å². The van der Waals surface area contributed by atoms with Gasteiger partial charge in [-0.1, -0.05) is 46.3 Å². The Labute approximate surface area is 185 Å². The van der Waals surface area contributed by atoms with Crippen LogP contribution in [0.5, 0.6) is 0 Å². The SMILES string of the molecule is CC(C)(C)OC(=O)NC(=NCc1cccc2c(Br)cccc12)NC(=O)OC(C)(C)C. The molecule has 0 unspecified atom stereocenters. The first-order valence-electron chi connectivity index (χ1n) is 9.55. The highest BCUT2D eigenvalue weighted by atomic mass is 79.9. The Morgan fingerprint density at radius 1 is 0.867 bits per heavy atom. The van der Waals surface area contributed by atoms with Crippen LogP contribution >= 0.6 is 15.9 Å². The van der Waals surface area contributed by atoms with Crippen molar-refractivity contribution in [2.75, 3.05) is 0 Å². The normalized spacial score (nSPS) is 11.6. The zero-order chi connectivity index (χ0) is 22.5. The summed E-state index contributed by atoms with van der Waals surface area (Å²) < 4.78 is 11.5. The fourth-order valence-electron chi connectivity index (χ4n) is 2.55. The predicted octanol–water partition coefficient (Wildman–Crippen LogP) is 5.51. The van der Waals surface area contributed by atoms with E-state index in [0.717, 1.165) is 20.8 Å². The lowest BCUT2D eigenvalue weighted by Gasteiger charge is -2.22. The minimum Gasteiger partial charge on any atom is -0.444 e. The number of aliphatic imine (C=N–C) groups is 1. The highest BCUT2D eigenvalue weighted by Gasteiger charge is 2.21. The van der Waals surface area contributed by atoms with Crippen LogP contribution in [-0.4, -0.2) is 29.3 Å². The van der Waals surface area contributed by atoms with Crippen molar-refractivity contribution in [3.63, 3.8) is 0 Å². The number of carbonyl (C=O) groups excluding carboxylic acids is 2. The van der Waals surface area contributed by atoms with Gasteiger partial charge in [-0.15, -0.1) is 0 Å². The molecule has 8 heteroatoms. The maximum atomic E-state index is 12.2. The molecule has 2 aromatic carbocycles. The van der Waals surface area contributed by atoms with Gasteiger partial charge >= 0.3 is 12.2 Å². The van der Waals surface area contributed by atoms with Crippen LogP contribution in [0.25, 0.3) is 10.8 Å². The van der Waals surface area contributed by atoms with Gasteiger partial charge in [-0.2, -0.15) is 0 Å². The molecule has 2 amide bonds. The van der Waals surface area contributed by atoms with Gasteiger partial charge in [-0.25, -0.2) is 14.6 Å². The van der Waals surface area contributed by atoms with Gasteiger partial charge in [0.2, 0.25) is 5.96 Å². The molecule has 30 heavy (non-hydrogen) atoms. The molecule has 0 saturated carbocycles. The third-order valence-corrected chi connectivity index (χ3v) is 4.30.